The first-order chi connectivity index (χ1) is 15.6. The number of amides is 1. The van der Waals surface area contributed by atoms with Crippen LogP contribution in [0.15, 0.2) is 48.8 Å². The lowest BCUT2D eigenvalue weighted by Crippen LogP contribution is -2.43. The van der Waals surface area contributed by atoms with Crippen molar-refractivity contribution in [3.05, 3.63) is 59.9 Å². The van der Waals surface area contributed by atoms with E-state index in [4.69, 9.17) is 4.74 Å². The van der Waals surface area contributed by atoms with Gasteiger partial charge in [0, 0.05) is 42.0 Å². The second-order valence-corrected chi connectivity index (χ2v) is 8.21. The van der Waals surface area contributed by atoms with Gasteiger partial charge < -0.3 is 15.2 Å². The first-order valence-electron chi connectivity index (χ1n) is 10.7. The number of ether oxygens (including phenoxy) is 1. The third-order valence-corrected chi connectivity index (χ3v) is 6.22. The first-order valence-corrected chi connectivity index (χ1v) is 10.7. The summed E-state index contributed by atoms with van der Waals surface area (Å²) < 4.78 is 8.31. The summed E-state index contributed by atoms with van der Waals surface area (Å²) in [5.41, 5.74) is 3.60. The maximum absolute atomic E-state index is 12.0. The number of nitrogens with zero attached hydrogens (tertiary/aromatic N) is 4. The van der Waals surface area contributed by atoms with Gasteiger partial charge >= 0.3 is 6.09 Å². The average Bonchev–Trinajstić information content (AvgIpc) is 3.21. The number of rotatable bonds is 4. The van der Waals surface area contributed by atoms with Crippen LogP contribution in [-0.2, 0) is 6.42 Å². The van der Waals surface area contributed by atoms with Crippen LogP contribution in [0.2, 0.25) is 0 Å². The van der Waals surface area contributed by atoms with Gasteiger partial charge in [0.05, 0.1) is 23.5 Å². The summed E-state index contributed by atoms with van der Waals surface area (Å²) in [6, 6.07) is 13.2. The Labute approximate surface area is 185 Å². The molecule has 0 aliphatic carbocycles. The minimum absolute atomic E-state index is 0.126. The van der Waals surface area contributed by atoms with Gasteiger partial charge in [0.15, 0.2) is 0 Å². The summed E-state index contributed by atoms with van der Waals surface area (Å²) >= 11 is 0. The molecule has 0 unspecified atom stereocenters. The highest BCUT2D eigenvalue weighted by Crippen LogP contribution is 2.45. The van der Waals surface area contributed by atoms with Crippen molar-refractivity contribution in [1.82, 2.24) is 15.1 Å². The minimum Gasteiger partial charge on any atom is -0.465 e. The number of carbonyl (C=O) groups is 1. The third kappa shape index (κ3) is 3.37. The molecule has 1 saturated heterocycles. The molecular weight excluding hydrogens is 406 g/mol. The van der Waals surface area contributed by atoms with Gasteiger partial charge in [0.25, 0.3) is 0 Å². The monoisotopic (exact) mass is 429 g/mol. The van der Waals surface area contributed by atoms with Crippen LogP contribution in [0.1, 0.15) is 30.5 Å². The number of nitrogens with one attached hydrogen (secondary N) is 1. The maximum atomic E-state index is 12.0. The topological polar surface area (TPSA) is 103 Å². The van der Waals surface area contributed by atoms with Gasteiger partial charge in [-0.3, -0.25) is 9.58 Å². The van der Waals surface area contributed by atoms with Crippen LogP contribution in [0.5, 0.6) is 11.5 Å². The van der Waals surface area contributed by atoms with Gasteiger partial charge in [0.2, 0.25) is 0 Å². The van der Waals surface area contributed by atoms with E-state index in [-0.39, 0.29) is 6.04 Å². The number of para-hydroxylation sites is 1. The number of aromatic nitrogens is 2. The molecule has 1 amide bonds. The van der Waals surface area contributed by atoms with E-state index in [9.17, 15) is 15.2 Å². The molecule has 3 aromatic rings. The molecule has 0 spiro atoms. The fraction of sp³-hybridized carbons (Fsp3) is 0.292. The Morgan fingerprint density at radius 2 is 2.09 bits per heavy atom. The predicted octanol–water partition coefficient (Wildman–Crippen LogP) is 4.18. The summed E-state index contributed by atoms with van der Waals surface area (Å²) in [6.45, 7) is 3.68. The number of hydrogen-bond donors (Lipinski definition) is 2. The number of nitriles is 1. The molecule has 1 atom stereocenters. The van der Waals surface area contributed by atoms with Crippen molar-refractivity contribution in [1.29, 1.82) is 5.26 Å². The van der Waals surface area contributed by atoms with Crippen molar-refractivity contribution in [2.45, 2.75) is 31.8 Å². The number of anilines is 1. The molecular formula is C24H23N5O3. The molecule has 162 valence electrons. The van der Waals surface area contributed by atoms with Crippen molar-refractivity contribution < 1.29 is 14.6 Å². The summed E-state index contributed by atoms with van der Waals surface area (Å²) in [5.74, 6) is 1.02. The molecule has 2 aliphatic heterocycles. The highest BCUT2D eigenvalue weighted by molar-refractivity contribution is 5.91. The fourth-order valence-electron chi connectivity index (χ4n) is 4.34. The number of hydrogen-bond acceptors (Lipinski definition) is 5. The Morgan fingerprint density at radius 3 is 2.81 bits per heavy atom. The Bertz CT molecular complexity index is 1220. The van der Waals surface area contributed by atoms with Crippen molar-refractivity contribution >= 4 is 11.8 Å². The molecule has 2 N–H and O–H groups in total. The molecule has 0 bridgehead atoms. The Morgan fingerprint density at radius 1 is 1.28 bits per heavy atom. The normalized spacial score (nSPS) is 17.9. The van der Waals surface area contributed by atoms with Crippen LogP contribution < -0.4 is 15.0 Å². The first kappa shape index (κ1) is 20.1. The summed E-state index contributed by atoms with van der Waals surface area (Å²) in [5, 5.41) is 27.1. The quantitative estimate of drug-likeness (QED) is 0.645. The molecule has 1 fully saturated rings. The predicted molar refractivity (Wildman–Crippen MR) is 119 cm³/mol. The summed E-state index contributed by atoms with van der Waals surface area (Å²) in [7, 11) is 0. The molecule has 0 saturated carbocycles. The zero-order chi connectivity index (χ0) is 22.2. The molecule has 1 aromatic heterocycles. The van der Waals surface area contributed by atoms with Crippen LogP contribution in [0.3, 0.4) is 0 Å². The molecule has 32 heavy (non-hydrogen) atoms. The van der Waals surface area contributed by atoms with Crippen molar-refractivity contribution in [3.63, 3.8) is 0 Å². The standard InChI is InChI=1S/C24H23N5O3/c1-15-6-7-20-21(29(15)24(30)31)9-8-19(17-11-27-28(14-17)18-12-26-13-18)23(20)32-22-5-3-2-4-16(22)10-25/h2-5,8-9,11,14-15,18,26H,6-7,12-13H2,1H3,(H,30,31)/t15-/m0/s1. The van der Waals surface area contributed by atoms with Crippen molar-refractivity contribution in [3.8, 4) is 28.7 Å². The largest absolute Gasteiger partial charge is 0.465 e. The SMILES string of the molecule is C[C@H]1CCc2c(ccc(-c3cnn(C4CNC4)c3)c2Oc2ccccc2C#N)N1C(=O)O. The zero-order valence-corrected chi connectivity index (χ0v) is 17.7. The van der Waals surface area contributed by atoms with Gasteiger partial charge in [0.1, 0.15) is 17.6 Å². The summed E-state index contributed by atoms with van der Waals surface area (Å²) in [6.07, 6.45) is 4.19. The van der Waals surface area contributed by atoms with E-state index in [2.05, 4.69) is 16.5 Å². The minimum atomic E-state index is -0.986. The van der Waals surface area contributed by atoms with Crippen molar-refractivity contribution in [2.24, 2.45) is 0 Å². The molecule has 3 heterocycles. The Kier molecular flexibility index (Phi) is 5.04. The van der Waals surface area contributed by atoms with Gasteiger partial charge in [-0.05, 0) is 44.0 Å². The lowest BCUT2D eigenvalue weighted by molar-refractivity contribution is 0.198. The third-order valence-electron chi connectivity index (χ3n) is 6.22. The smallest absolute Gasteiger partial charge is 0.412 e. The molecule has 8 nitrogen and oxygen atoms in total. The van der Waals surface area contributed by atoms with Crippen LogP contribution >= 0.6 is 0 Å². The van der Waals surface area contributed by atoms with E-state index in [1.165, 1.54) is 4.90 Å². The Balaban J connectivity index is 1.66. The lowest BCUT2D eigenvalue weighted by atomic mass is 9.92. The number of carboxylic acid groups (broad SMARTS) is 1. The van der Waals surface area contributed by atoms with Crippen LogP contribution in [-0.4, -0.2) is 40.1 Å². The highest BCUT2D eigenvalue weighted by atomic mass is 16.5. The van der Waals surface area contributed by atoms with E-state index >= 15 is 0 Å². The molecule has 0 radical (unpaired) electrons. The van der Waals surface area contributed by atoms with E-state index in [0.717, 1.165) is 29.8 Å². The highest BCUT2D eigenvalue weighted by Gasteiger charge is 2.32. The number of fused-ring (bicyclic) bond motifs is 1. The van der Waals surface area contributed by atoms with Gasteiger partial charge in [-0.2, -0.15) is 10.4 Å². The second kappa shape index (κ2) is 8.02. The molecule has 8 heteroatoms. The van der Waals surface area contributed by atoms with E-state index in [0.29, 0.717) is 41.6 Å². The Hall–Kier alpha value is -3.83. The maximum Gasteiger partial charge on any atom is 0.412 e. The van der Waals surface area contributed by atoms with Crippen LogP contribution in [0, 0.1) is 11.3 Å². The second-order valence-electron chi connectivity index (χ2n) is 8.21. The number of benzene rings is 2. The molecule has 2 aliphatic rings. The van der Waals surface area contributed by atoms with Gasteiger partial charge in [-0.25, -0.2) is 4.79 Å². The summed E-state index contributed by atoms with van der Waals surface area (Å²) in [4.78, 5) is 13.4. The lowest BCUT2D eigenvalue weighted by Gasteiger charge is -2.34. The van der Waals surface area contributed by atoms with Crippen LogP contribution in [0.4, 0.5) is 10.5 Å². The van der Waals surface area contributed by atoms with Gasteiger partial charge in [-0.15, -0.1) is 0 Å². The van der Waals surface area contributed by atoms with Crippen LogP contribution in [0.25, 0.3) is 11.1 Å². The van der Waals surface area contributed by atoms with E-state index in [1.54, 1.807) is 18.2 Å². The molecule has 2 aromatic carbocycles. The van der Waals surface area contributed by atoms with E-state index < -0.39 is 6.09 Å². The zero-order valence-electron chi connectivity index (χ0n) is 17.7. The van der Waals surface area contributed by atoms with Crippen molar-refractivity contribution in [2.75, 3.05) is 18.0 Å². The average molecular weight is 429 g/mol. The van der Waals surface area contributed by atoms with E-state index in [1.807, 2.05) is 42.2 Å². The fourth-order valence-corrected chi connectivity index (χ4v) is 4.34. The van der Waals surface area contributed by atoms with Gasteiger partial charge in [-0.1, -0.05) is 12.1 Å². The molecule has 5 rings (SSSR count).